The van der Waals surface area contributed by atoms with Crippen LogP contribution in [0, 0.1) is 0 Å². The molecule has 0 fully saturated rings. The predicted molar refractivity (Wildman–Crippen MR) is 55.1 cm³/mol. The van der Waals surface area contributed by atoms with Crippen molar-refractivity contribution in [1.29, 1.82) is 0 Å². The third kappa shape index (κ3) is 3.53. The van der Waals surface area contributed by atoms with Gasteiger partial charge in [-0.1, -0.05) is 6.92 Å². The van der Waals surface area contributed by atoms with Crippen molar-refractivity contribution in [3.8, 4) is 0 Å². The largest absolute Gasteiger partial charge is 0.351 e. The molecule has 0 radical (unpaired) electrons. The molecule has 76 valence electrons. The fraction of sp³-hybridized carbons (Fsp3) is 0.400. The van der Waals surface area contributed by atoms with E-state index in [2.05, 4.69) is 15.6 Å². The minimum absolute atomic E-state index is 0.0731. The topological polar surface area (TPSA) is 54.0 Å². The highest BCUT2D eigenvalue weighted by molar-refractivity contribution is 5.93. The molecule has 0 spiro atoms. The highest BCUT2D eigenvalue weighted by Gasteiger charge is 2.02. The monoisotopic (exact) mass is 193 g/mol. The Morgan fingerprint density at radius 3 is 3.00 bits per heavy atom. The summed E-state index contributed by atoms with van der Waals surface area (Å²) in [7, 11) is 0. The fourth-order valence-electron chi connectivity index (χ4n) is 1.04. The number of aromatic nitrogens is 1. The van der Waals surface area contributed by atoms with Crippen molar-refractivity contribution in [1.82, 2.24) is 15.6 Å². The van der Waals surface area contributed by atoms with Crippen LogP contribution >= 0.6 is 0 Å². The normalized spacial score (nSPS) is 9.79. The van der Waals surface area contributed by atoms with Crippen molar-refractivity contribution < 1.29 is 4.79 Å². The zero-order valence-corrected chi connectivity index (χ0v) is 8.29. The molecular weight excluding hydrogens is 178 g/mol. The number of amides is 1. The number of carbonyl (C=O) groups is 1. The molecule has 1 amide bonds. The first-order valence-corrected chi connectivity index (χ1v) is 4.73. The van der Waals surface area contributed by atoms with Gasteiger partial charge in [-0.15, -0.1) is 0 Å². The molecule has 1 heterocycles. The van der Waals surface area contributed by atoms with Crippen LogP contribution in [0.1, 0.15) is 17.3 Å². The summed E-state index contributed by atoms with van der Waals surface area (Å²) < 4.78 is 0. The highest BCUT2D eigenvalue weighted by atomic mass is 16.1. The lowest BCUT2D eigenvalue weighted by Gasteiger charge is -2.04. The van der Waals surface area contributed by atoms with Crippen molar-refractivity contribution in [2.75, 3.05) is 19.6 Å². The molecule has 0 atom stereocenters. The molecule has 1 rings (SSSR count). The van der Waals surface area contributed by atoms with Gasteiger partial charge in [-0.2, -0.15) is 0 Å². The Bertz CT molecular complexity index is 274. The highest BCUT2D eigenvalue weighted by Crippen LogP contribution is 1.93. The molecule has 0 aromatic carbocycles. The van der Waals surface area contributed by atoms with Crippen LogP contribution in [0.2, 0.25) is 0 Å². The van der Waals surface area contributed by atoms with E-state index in [1.165, 1.54) is 0 Å². The Kier molecular flexibility index (Phi) is 4.64. The van der Waals surface area contributed by atoms with Crippen molar-refractivity contribution in [3.63, 3.8) is 0 Å². The summed E-state index contributed by atoms with van der Waals surface area (Å²) >= 11 is 0. The van der Waals surface area contributed by atoms with Gasteiger partial charge in [0.05, 0.1) is 5.56 Å². The van der Waals surface area contributed by atoms with E-state index in [0.29, 0.717) is 12.1 Å². The number of nitrogens with one attached hydrogen (secondary N) is 2. The van der Waals surface area contributed by atoms with Gasteiger partial charge >= 0.3 is 0 Å². The number of pyridine rings is 1. The van der Waals surface area contributed by atoms with Gasteiger partial charge < -0.3 is 10.6 Å². The van der Waals surface area contributed by atoms with E-state index < -0.39 is 0 Å². The Morgan fingerprint density at radius 1 is 1.50 bits per heavy atom. The zero-order valence-electron chi connectivity index (χ0n) is 8.29. The molecule has 0 aliphatic heterocycles. The number of likely N-dealkylation sites (N-methyl/N-ethyl adjacent to an activating group) is 1. The van der Waals surface area contributed by atoms with Crippen molar-refractivity contribution in [2.45, 2.75) is 6.92 Å². The van der Waals surface area contributed by atoms with Gasteiger partial charge in [0.15, 0.2) is 0 Å². The molecule has 4 heteroatoms. The Morgan fingerprint density at radius 2 is 2.36 bits per heavy atom. The van der Waals surface area contributed by atoms with E-state index >= 15 is 0 Å². The second-order valence-electron chi connectivity index (χ2n) is 2.85. The van der Waals surface area contributed by atoms with Crippen LogP contribution in [0.25, 0.3) is 0 Å². The van der Waals surface area contributed by atoms with E-state index in [1.807, 2.05) is 6.92 Å². The predicted octanol–water partition coefficient (Wildman–Crippen LogP) is 0.421. The molecule has 4 nitrogen and oxygen atoms in total. The van der Waals surface area contributed by atoms with Crippen LogP contribution < -0.4 is 10.6 Å². The first-order chi connectivity index (χ1) is 6.84. The summed E-state index contributed by atoms with van der Waals surface area (Å²) in [6.45, 7) is 4.38. The van der Waals surface area contributed by atoms with E-state index in [9.17, 15) is 4.79 Å². The summed E-state index contributed by atoms with van der Waals surface area (Å²) in [6, 6.07) is 3.49. The van der Waals surface area contributed by atoms with Crippen LogP contribution in [0.3, 0.4) is 0 Å². The van der Waals surface area contributed by atoms with Gasteiger partial charge in [-0.25, -0.2) is 0 Å². The molecule has 2 N–H and O–H groups in total. The summed E-state index contributed by atoms with van der Waals surface area (Å²) in [6.07, 6.45) is 3.21. The number of hydrogen-bond acceptors (Lipinski definition) is 3. The minimum atomic E-state index is -0.0731. The average molecular weight is 193 g/mol. The number of nitrogens with zero attached hydrogens (tertiary/aromatic N) is 1. The molecule has 14 heavy (non-hydrogen) atoms. The van der Waals surface area contributed by atoms with Crippen LogP contribution in [-0.4, -0.2) is 30.5 Å². The molecule has 0 saturated carbocycles. The number of hydrogen-bond donors (Lipinski definition) is 2. The summed E-state index contributed by atoms with van der Waals surface area (Å²) in [5, 5.41) is 5.92. The van der Waals surface area contributed by atoms with E-state index in [0.717, 1.165) is 13.1 Å². The molecular formula is C10H15N3O. The molecule has 0 aliphatic rings. The Hall–Kier alpha value is -1.42. The van der Waals surface area contributed by atoms with E-state index in [4.69, 9.17) is 0 Å². The van der Waals surface area contributed by atoms with Gasteiger partial charge in [-0.05, 0) is 18.7 Å². The second-order valence-corrected chi connectivity index (χ2v) is 2.85. The van der Waals surface area contributed by atoms with Gasteiger partial charge in [-0.3, -0.25) is 9.78 Å². The lowest BCUT2D eigenvalue weighted by molar-refractivity contribution is 0.0953. The maximum atomic E-state index is 11.4. The fourth-order valence-corrected chi connectivity index (χ4v) is 1.04. The standard InChI is InChI=1S/C10H15N3O/c1-2-11-6-7-13-10(14)9-4-3-5-12-8-9/h3-5,8,11H,2,6-7H2,1H3,(H,13,14). The second kappa shape index (κ2) is 6.10. The molecule has 0 saturated heterocycles. The van der Waals surface area contributed by atoms with E-state index in [1.54, 1.807) is 24.5 Å². The molecule has 1 aromatic heterocycles. The molecule has 1 aromatic rings. The smallest absolute Gasteiger partial charge is 0.252 e. The Balaban J connectivity index is 2.29. The quantitative estimate of drug-likeness (QED) is 0.666. The zero-order chi connectivity index (χ0) is 10.2. The average Bonchev–Trinajstić information content (AvgIpc) is 2.25. The molecule has 0 unspecified atom stereocenters. The van der Waals surface area contributed by atoms with Gasteiger partial charge in [0, 0.05) is 25.5 Å². The van der Waals surface area contributed by atoms with Crippen LogP contribution in [0.15, 0.2) is 24.5 Å². The first kappa shape index (κ1) is 10.7. The number of carbonyl (C=O) groups excluding carboxylic acids is 1. The third-order valence-corrected chi connectivity index (χ3v) is 1.76. The maximum absolute atomic E-state index is 11.4. The minimum Gasteiger partial charge on any atom is -0.351 e. The van der Waals surface area contributed by atoms with Crippen LogP contribution in [0.5, 0.6) is 0 Å². The van der Waals surface area contributed by atoms with Crippen molar-refractivity contribution in [2.24, 2.45) is 0 Å². The van der Waals surface area contributed by atoms with Crippen molar-refractivity contribution >= 4 is 5.91 Å². The maximum Gasteiger partial charge on any atom is 0.252 e. The van der Waals surface area contributed by atoms with Gasteiger partial charge in [0.25, 0.3) is 5.91 Å². The SMILES string of the molecule is CCNCCNC(=O)c1cccnc1. The van der Waals surface area contributed by atoms with Crippen LogP contribution in [0.4, 0.5) is 0 Å². The van der Waals surface area contributed by atoms with Gasteiger partial charge in [0.1, 0.15) is 0 Å². The van der Waals surface area contributed by atoms with Crippen molar-refractivity contribution in [3.05, 3.63) is 30.1 Å². The lowest BCUT2D eigenvalue weighted by atomic mass is 10.3. The lowest BCUT2D eigenvalue weighted by Crippen LogP contribution is -2.31. The van der Waals surface area contributed by atoms with E-state index in [-0.39, 0.29) is 5.91 Å². The molecule has 0 aliphatic carbocycles. The Labute approximate surface area is 83.7 Å². The van der Waals surface area contributed by atoms with Crippen LogP contribution in [-0.2, 0) is 0 Å². The summed E-state index contributed by atoms with van der Waals surface area (Å²) in [5.74, 6) is -0.0731. The third-order valence-electron chi connectivity index (χ3n) is 1.76. The summed E-state index contributed by atoms with van der Waals surface area (Å²) in [4.78, 5) is 15.3. The van der Waals surface area contributed by atoms with Gasteiger partial charge in [0.2, 0.25) is 0 Å². The molecule has 0 bridgehead atoms. The summed E-state index contributed by atoms with van der Waals surface area (Å²) in [5.41, 5.74) is 0.601. The first-order valence-electron chi connectivity index (χ1n) is 4.73. The number of rotatable bonds is 5.